The van der Waals surface area contributed by atoms with Crippen molar-refractivity contribution in [3.63, 3.8) is 0 Å². The Morgan fingerprint density at radius 2 is 2.26 bits per heavy atom. The summed E-state index contributed by atoms with van der Waals surface area (Å²) >= 11 is 0. The highest BCUT2D eigenvalue weighted by molar-refractivity contribution is 5.91. The fraction of sp³-hybridized carbons (Fsp3) is 0.727. The Kier molecular flexibility index (Phi) is 3.61. The van der Waals surface area contributed by atoms with Crippen LogP contribution in [0.4, 0.5) is 4.79 Å². The Bertz CT molecular complexity index is 405. The first-order valence-electron chi connectivity index (χ1n) is 6.09. The van der Waals surface area contributed by atoms with Crippen LogP contribution in [0.15, 0.2) is 0 Å². The van der Waals surface area contributed by atoms with Gasteiger partial charge in [-0.25, -0.2) is 9.59 Å². The van der Waals surface area contributed by atoms with Crippen molar-refractivity contribution in [1.82, 2.24) is 15.5 Å². The van der Waals surface area contributed by atoms with Crippen molar-refractivity contribution in [3.05, 3.63) is 0 Å². The van der Waals surface area contributed by atoms with Gasteiger partial charge in [-0.3, -0.25) is 4.79 Å². The molecule has 0 aromatic carbocycles. The van der Waals surface area contributed by atoms with Crippen LogP contribution in [-0.2, 0) is 14.3 Å². The van der Waals surface area contributed by atoms with Gasteiger partial charge in [-0.1, -0.05) is 0 Å². The lowest BCUT2D eigenvalue weighted by Crippen LogP contribution is -2.59. The second kappa shape index (κ2) is 5.04. The van der Waals surface area contributed by atoms with E-state index < -0.39 is 23.6 Å². The summed E-state index contributed by atoms with van der Waals surface area (Å²) in [5.41, 5.74) is -1.39. The molecule has 2 saturated heterocycles. The minimum atomic E-state index is -1.39. The van der Waals surface area contributed by atoms with E-state index in [2.05, 4.69) is 10.6 Å². The fourth-order valence-electron chi connectivity index (χ4n) is 2.25. The molecule has 0 spiro atoms. The number of carbonyl (C=O) groups excluding carboxylic acids is 2. The molecule has 8 nitrogen and oxygen atoms in total. The second-order valence-corrected chi connectivity index (χ2v) is 4.89. The molecule has 0 aliphatic carbocycles. The zero-order valence-electron chi connectivity index (χ0n) is 10.6. The standard InChI is InChI=1S/C11H17N3O5/c1-14-4-2-7(8(14)15)12-10(18)13-11(9(16)17)3-5-19-6-11/h7H,2-6H2,1H3,(H,16,17)(H2,12,13,18). The summed E-state index contributed by atoms with van der Waals surface area (Å²) in [6.45, 7) is 0.808. The predicted molar refractivity (Wildman–Crippen MR) is 63.5 cm³/mol. The molecule has 0 aromatic heterocycles. The quantitative estimate of drug-likeness (QED) is 0.595. The van der Waals surface area contributed by atoms with Crippen LogP contribution < -0.4 is 10.6 Å². The number of hydrogen-bond acceptors (Lipinski definition) is 4. The predicted octanol–water partition coefficient (Wildman–Crippen LogP) is -1.24. The molecule has 19 heavy (non-hydrogen) atoms. The van der Waals surface area contributed by atoms with Crippen molar-refractivity contribution in [2.45, 2.75) is 24.4 Å². The molecule has 2 fully saturated rings. The zero-order chi connectivity index (χ0) is 14.0. The number of ether oxygens (including phenoxy) is 1. The van der Waals surface area contributed by atoms with Gasteiger partial charge in [0.1, 0.15) is 6.04 Å². The lowest BCUT2D eigenvalue weighted by atomic mass is 9.99. The Morgan fingerprint density at radius 3 is 2.74 bits per heavy atom. The molecule has 3 amide bonds. The molecule has 0 bridgehead atoms. The minimum absolute atomic E-state index is 0.0612. The van der Waals surface area contributed by atoms with Crippen molar-refractivity contribution in [3.8, 4) is 0 Å². The molecule has 106 valence electrons. The van der Waals surface area contributed by atoms with Gasteiger partial charge >= 0.3 is 12.0 Å². The number of rotatable bonds is 3. The highest BCUT2D eigenvalue weighted by Gasteiger charge is 2.44. The van der Waals surface area contributed by atoms with Crippen LogP contribution in [0.1, 0.15) is 12.8 Å². The summed E-state index contributed by atoms with van der Waals surface area (Å²) in [5.74, 6) is -1.29. The van der Waals surface area contributed by atoms with Gasteiger partial charge in [0, 0.05) is 26.6 Å². The number of likely N-dealkylation sites (N-methyl/N-ethyl adjacent to an activating group) is 1. The highest BCUT2D eigenvalue weighted by atomic mass is 16.5. The number of nitrogens with one attached hydrogen (secondary N) is 2. The Labute approximate surface area is 110 Å². The lowest BCUT2D eigenvalue weighted by molar-refractivity contribution is -0.144. The molecule has 2 unspecified atom stereocenters. The van der Waals surface area contributed by atoms with Gasteiger partial charge in [0.2, 0.25) is 5.91 Å². The number of carbonyl (C=O) groups is 3. The number of aliphatic carboxylic acids is 1. The average Bonchev–Trinajstić information content (AvgIpc) is 2.92. The van der Waals surface area contributed by atoms with Gasteiger partial charge in [0.05, 0.1) is 6.61 Å². The lowest BCUT2D eigenvalue weighted by Gasteiger charge is -2.24. The molecule has 2 atom stereocenters. The molecule has 2 rings (SSSR count). The van der Waals surface area contributed by atoms with Crippen molar-refractivity contribution in [2.75, 3.05) is 26.8 Å². The van der Waals surface area contributed by atoms with E-state index >= 15 is 0 Å². The molecule has 3 N–H and O–H groups in total. The van der Waals surface area contributed by atoms with Gasteiger partial charge in [0.15, 0.2) is 5.54 Å². The molecule has 0 saturated carbocycles. The van der Waals surface area contributed by atoms with Crippen LogP contribution in [0.2, 0.25) is 0 Å². The zero-order valence-corrected chi connectivity index (χ0v) is 10.6. The minimum Gasteiger partial charge on any atom is -0.479 e. The van der Waals surface area contributed by atoms with Gasteiger partial charge in [-0.2, -0.15) is 0 Å². The largest absolute Gasteiger partial charge is 0.479 e. The third-order valence-corrected chi connectivity index (χ3v) is 3.52. The molecular formula is C11H17N3O5. The third kappa shape index (κ3) is 2.62. The van der Waals surface area contributed by atoms with Gasteiger partial charge in [-0.15, -0.1) is 0 Å². The number of urea groups is 1. The molecular weight excluding hydrogens is 254 g/mol. The topological polar surface area (TPSA) is 108 Å². The van der Waals surface area contributed by atoms with E-state index in [1.165, 1.54) is 4.90 Å². The number of nitrogens with zero attached hydrogens (tertiary/aromatic N) is 1. The SMILES string of the molecule is CN1CCC(NC(=O)NC2(C(=O)O)CCOC2)C1=O. The van der Waals surface area contributed by atoms with Crippen LogP contribution >= 0.6 is 0 Å². The van der Waals surface area contributed by atoms with Crippen molar-refractivity contribution >= 4 is 17.9 Å². The van der Waals surface area contributed by atoms with E-state index in [4.69, 9.17) is 9.84 Å². The Morgan fingerprint density at radius 1 is 1.53 bits per heavy atom. The smallest absolute Gasteiger partial charge is 0.332 e. The maximum absolute atomic E-state index is 11.8. The summed E-state index contributed by atoms with van der Waals surface area (Å²) in [6.07, 6.45) is 0.744. The Balaban J connectivity index is 1.94. The maximum Gasteiger partial charge on any atom is 0.332 e. The van der Waals surface area contributed by atoms with Gasteiger partial charge in [-0.05, 0) is 6.42 Å². The maximum atomic E-state index is 11.8. The van der Waals surface area contributed by atoms with E-state index in [0.717, 1.165) is 0 Å². The van der Waals surface area contributed by atoms with Crippen molar-refractivity contribution in [1.29, 1.82) is 0 Å². The molecule has 8 heteroatoms. The van der Waals surface area contributed by atoms with Gasteiger partial charge in [0.25, 0.3) is 0 Å². The number of hydrogen-bond donors (Lipinski definition) is 3. The van der Waals surface area contributed by atoms with Crippen LogP contribution in [0.25, 0.3) is 0 Å². The molecule has 2 aliphatic rings. The number of amides is 3. The van der Waals surface area contributed by atoms with Crippen LogP contribution in [0, 0.1) is 0 Å². The molecule has 0 aromatic rings. The molecule has 0 radical (unpaired) electrons. The highest BCUT2D eigenvalue weighted by Crippen LogP contribution is 2.19. The molecule has 2 aliphatic heterocycles. The first-order valence-corrected chi connectivity index (χ1v) is 6.09. The summed E-state index contributed by atoms with van der Waals surface area (Å²) in [5, 5.41) is 14.1. The average molecular weight is 271 g/mol. The van der Waals surface area contributed by atoms with Crippen molar-refractivity contribution < 1.29 is 24.2 Å². The van der Waals surface area contributed by atoms with Crippen LogP contribution in [0.3, 0.4) is 0 Å². The van der Waals surface area contributed by atoms with E-state index in [1.807, 2.05) is 0 Å². The summed E-state index contributed by atoms with van der Waals surface area (Å²) in [4.78, 5) is 36.2. The van der Waals surface area contributed by atoms with E-state index in [0.29, 0.717) is 13.0 Å². The summed E-state index contributed by atoms with van der Waals surface area (Å²) in [7, 11) is 1.66. The third-order valence-electron chi connectivity index (χ3n) is 3.52. The van der Waals surface area contributed by atoms with Crippen LogP contribution in [0.5, 0.6) is 0 Å². The van der Waals surface area contributed by atoms with E-state index in [-0.39, 0.29) is 25.5 Å². The van der Waals surface area contributed by atoms with Gasteiger partial charge < -0.3 is 25.4 Å². The van der Waals surface area contributed by atoms with E-state index in [9.17, 15) is 14.4 Å². The summed E-state index contributed by atoms with van der Waals surface area (Å²) < 4.78 is 5.03. The second-order valence-electron chi connectivity index (χ2n) is 4.89. The van der Waals surface area contributed by atoms with E-state index in [1.54, 1.807) is 7.05 Å². The Hall–Kier alpha value is -1.83. The number of carboxylic acid groups (broad SMARTS) is 1. The fourth-order valence-corrected chi connectivity index (χ4v) is 2.25. The monoisotopic (exact) mass is 271 g/mol. The first-order chi connectivity index (χ1) is 8.94. The molecule has 2 heterocycles. The summed E-state index contributed by atoms with van der Waals surface area (Å²) in [6, 6.07) is -1.24. The normalized spacial score (nSPS) is 30.5. The number of carboxylic acids is 1. The number of likely N-dealkylation sites (tertiary alicyclic amines) is 1. The van der Waals surface area contributed by atoms with Crippen molar-refractivity contribution in [2.24, 2.45) is 0 Å². The first kappa shape index (κ1) is 13.6. The van der Waals surface area contributed by atoms with Crippen LogP contribution in [-0.4, -0.2) is 66.3 Å².